The Balaban J connectivity index is 2.35. The van der Waals surface area contributed by atoms with Crippen LogP contribution >= 0.6 is 23.2 Å². The van der Waals surface area contributed by atoms with Crippen LogP contribution in [-0.2, 0) is 4.74 Å². The van der Waals surface area contributed by atoms with Crippen molar-refractivity contribution in [3.8, 4) is 11.5 Å². The molecule has 1 aromatic carbocycles. The van der Waals surface area contributed by atoms with Crippen molar-refractivity contribution in [1.82, 2.24) is 4.98 Å². The monoisotopic (exact) mass is 285 g/mol. The normalized spacial score (nSPS) is 10.4. The summed E-state index contributed by atoms with van der Waals surface area (Å²) in [6.45, 7) is 1.98. The third-order valence-corrected chi connectivity index (χ3v) is 2.71. The molecule has 0 fully saturated rings. The number of hydrogen-bond acceptors (Lipinski definition) is 4. The Labute approximate surface area is 113 Å². The van der Waals surface area contributed by atoms with Crippen LogP contribution in [0, 0.1) is 0 Å². The van der Waals surface area contributed by atoms with Gasteiger partial charge in [0.25, 0.3) is 0 Å². The van der Waals surface area contributed by atoms with Gasteiger partial charge in [-0.15, -0.1) is 0 Å². The van der Waals surface area contributed by atoms with Gasteiger partial charge in [-0.2, -0.15) is 0 Å². The fraction of sp³-hybridized carbons (Fsp3) is 0.167. The topological polar surface area (TPSA) is 52.3 Å². The van der Waals surface area contributed by atoms with Crippen LogP contribution in [0.3, 0.4) is 0 Å². The van der Waals surface area contributed by atoms with Crippen LogP contribution in [-0.4, -0.2) is 17.6 Å². The van der Waals surface area contributed by atoms with Gasteiger partial charge in [0.15, 0.2) is 0 Å². The highest BCUT2D eigenvalue weighted by Gasteiger charge is 2.16. The minimum atomic E-state index is -0.561. The van der Waals surface area contributed by atoms with Crippen LogP contribution in [0.2, 0.25) is 10.0 Å². The summed E-state index contributed by atoms with van der Waals surface area (Å²) in [6, 6.07) is 4.90. The Morgan fingerprint density at radius 3 is 2.94 bits per heavy atom. The third kappa shape index (κ3) is 2.66. The van der Waals surface area contributed by atoms with Gasteiger partial charge in [-0.3, -0.25) is 0 Å². The summed E-state index contributed by atoms with van der Waals surface area (Å²) in [6.07, 6.45) is 1.30. The summed E-state index contributed by atoms with van der Waals surface area (Å²) in [5.74, 6) is -0.303. The molecule has 0 aliphatic rings. The lowest BCUT2D eigenvalue weighted by molar-refractivity contribution is 0.0491. The minimum Gasteiger partial charge on any atom is -0.460 e. The van der Waals surface area contributed by atoms with E-state index >= 15 is 0 Å². The Morgan fingerprint density at radius 1 is 1.44 bits per heavy atom. The molecule has 2 aromatic rings. The number of rotatable bonds is 3. The van der Waals surface area contributed by atoms with E-state index in [4.69, 9.17) is 32.4 Å². The van der Waals surface area contributed by atoms with Crippen molar-refractivity contribution < 1.29 is 13.9 Å². The van der Waals surface area contributed by atoms with Gasteiger partial charge in [0, 0.05) is 5.02 Å². The van der Waals surface area contributed by atoms with Gasteiger partial charge >= 0.3 is 5.97 Å². The van der Waals surface area contributed by atoms with E-state index in [0.717, 1.165) is 0 Å². The van der Waals surface area contributed by atoms with E-state index in [1.54, 1.807) is 25.1 Å². The van der Waals surface area contributed by atoms with Crippen LogP contribution in [0.15, 0.2) is 28.8 Å². The highest BCUT2D eigenvalue weighted by atomic mass is 35.5. The zero-order chi connectivity index (χ0) is 13.1. The zero-order valence-electron chi connectivity index (χ0n) is 9.44. The maximum absolute atomic E-state index is 11.4. The van der Waals surface area contributed by atoms with Gasteiger partial charge in [0.2, 0.25) is 11.7 Å². The van der Waals surface area contributed by atoms with Crippen LogP contribution in [0.4, 0.5) is 0 Å². The lowest BCUT2D eigenvalue weighted by atomic mass is 10.2. The minimum absolute atomic E-state index is 0.0305. The van der Waals surface area contributed by atoms with E-state index in [-0.39, 0.29) is 18.3 Å². The Hall–Kier alpha value is -1.52. The number of ether oxygens (including phenoxy) is 1. The molecule has 2 rings (SSSR count). The molecule has 0 amide bonds. The maximum atomic E-state index is 11.4. The second-order valence-corrected chi connectivity index (χ2v) is 4.22. The van der Waals surface area contributed by atoms with E-state index < -0.39 is 5.97 Å². The van der Waals surface area contributed by atoms with Crippen LogP contribution in [0.1, 0.15) is 17.5 Å². The molecule has 4 nitrogen and oxygen atoms in total. The fourth-order valence-corrected chi connectivity index (χ4v) is 1.73. The number of hydrogen-bond donors (Lipinski definition) is 0. The van der Waals surface area contributed by atoms with Crippen molar-refractivity contribution in [3.05, 3.63) is 40.2 Å². The predicted octanol–water partition coefficient (Wildman–Crippen LogP) is 3.83. The van der Waals surface area contributed by atoms with Crippen LogP contribution < -0.4 is 0 Å². The standard InChI is InChI=1S/C12H9Cl2NO3/c1-2-17-12(16)10-6-15-11(18-10)8-5-7(13)3-4-9(8)14/h3-6H,2H2,1H3. The molecule has 0 unspecified atom stereocenters. The highest BCUT2D eigenvalue weighted by molar-refractivity contribution is 6.35. The molecule has 18 heavy (non-hydrogen) atoms. The SMILES string of the molecule is CCOC(=O)c1cnc(-c2cc(Cl)ccc2Cl)o1. The van der Waals surface area contributed by atoms with E-state index in [1.807, 2.05) is 0 Å². The Bertz CT molecular complexity index is 580. The molecule has 1 heterocycles. The summed E-state index contributed by atoms with van der Waals surface area (Å²) >= 11 is 11.9. The average Bonchev–Trinajstić information content (AvgIpc) is 2.82. The maximum Gasteiger partial charge on any atom is 0.375 e. The molecule has 0 spiro atoms. The second kappa shape index (κ2) is 5.42. The van der Waals surface area contributed by atoms with E-state index in [0.29, 0.717) is 15.6 Å². The number of oxazole rings is 1. The van der Waals surface area contributed by atoms with Gasteiger partial charge in [0.05, 0.1) is 23.4 Å². The number of esters is 1. The van der Waals surface area contributed by atoms with Crippen molar-refractivity contribution in [2.75, 3.05) is 6.61 Å². The van der Waals surface area contributed by atoms with Crippen molar-refractivity contribution in [1.29, 1.82) is 0 Å². The lowest BCUT2D eigenvalue weighted by Gasteiger charge is -2.00. The van der Waals surface area contributed by atoms with Crippen LogP contribution in [0.25, 0.3) is 11.5 Å². The van der Waals surface area contributed by atoms with Gasteiger partial charge in [0.1, 0.15) is 0 Å². The lowest BCUT2D eigenvalue weighted by Crippen LogP contribution is -2.02. The number of halogens is 2. The molecule has 0 saturated heterocycles. The largest absolute Gasteiger partial charge is 0.460 e. The molecule has 0 radical (unpaired) electrons. The van der Waals surface area contributed by atoms with E-state index in [1.165, 1.54) is 6.20 Å². The number of carbonyl (C=O) groups is 1. The number of nitrogens with zero attached hydrogens (tertiary/aromatic N) is 1. The molecule has 0 aliphatic heterocycles. The van der Waals surface area contributed by atoms with Gasteiger partial charge in [-0.1, -0.05) is 23.2 Å². The fourth-order valence-electron chi connectivity index (χ4n) is 1.36. The van der Waals surface area contributed by atoms with E-state index in [9.17, 15) is 4.79 Å². The molecule has 0 saturated carbocycles. The quantitative estimate of drug-likeness (QED) is 0.805. The molecule has 1 aromatic heterocycles. The van der Waals surface area contributed by atoms with Crippen molar-refractivity contribution in [2.45, 2.75) is 6.92 Å². The number of aromatic nitrogens is 1. The van der Waals surface area contributed by atoms with Gasteiger partial charge in [-0.05, 0) is 25.1 Å². The molecular formula is C12H9Cl2NO3. The van der Waals surface area contributed by atoms with Crippen molar-refractivity contribution in [3.63, 3.8) is 0 Å². The first-order valence-electron chi connectivity index (χ1n) is 5.20. The van der Waals surface area contributed by atoms with Crippen molar-refractivity contribution in [2.24, 2.45) is 0 Å². The summed E-state index contributed by atoms with van der Waals surface area (Å²) < 4.78 is 10.1. The first-order valence-corrected chi connectivity index (χ1v) is 5.95. The number of benzene rings is 1. The smallest absolute Gasteiger partial charge is 0.375 e. The molecule has 94 valence electrons. The first-order chi connectivity index (χ1) is 8.61. The molecule has 0 atom stereocenters. The Kier molecular flexibility index (Phi) is 3.89. The summed E-state index contributed by atoms with van der Waals surface area (Å²) in [4.78, 5) is 15.4. The predicted molar refractivity (Wildman–Crippen MR) is 67.9 cm³/mol. The first kappa shape index (κ1) is 12.9. The van der Waals surface area contributed by atoms with Crippen molar-refractivity contribution >= 4 is 29.2 Å². The summed E-state index contributed by atoms with van der Waals surface area (Å²) in [5.41, 5.74) is 0.528. The van der Waals surface area contributed by atoms with Gasteiger partial charge < -0.3 is 9.15 Å². The summed E-state index contributed by atoms with van der Waals surface area (Å²) in [7, 11) is 0. The Morgan fingerprint density at radius 2 is 2.22 bits per heavy atom. The number of carbonyl (C=O) groups excluding carboxylic acids is 1. The molecule has 0 aliphatic carbocycles. The van der Waals surface area contributed by atoms with E-state index in [2.05, 4.69) is 4.98 Å². The second-order valence-electron chi connectivity index (χ2n) is 3.37. The summed E-state index contributed by atoms with van der Waals surface area (Å²) in [5, 5.41) is 0.946. The van der Waals surface area contributed by atoms with Gasteiger partial charge in [-0.25, -0.2) is 9.78 Å². The molecular weight excluding hydrogens is 277 g/mol. The third-order valence-electron chi connectivity index (χ3n) is 2.14. The molecule has 6 heteroatoms. The molecule has 0 N–H and O–H groups in total. The zero-order valence-corrected chi connectivity index (χ0v) is 11.0. The average molecular weight is 286 g/mol. The highest BCUT2D eigenvalue weighted by Crippen LogP contribution is 2.30. The van der Waals surface area contributed by atoms with Crippen LogP contribution in [0.5, 0.6) is 0 Å². The molecule has 0 bridgehead atoms.